The quantitative estimate of drug-likeness (QED) is 0.458. The summed E-state index contributed by atoms with van der Waals surface area (Å²) in [7, 11) is 0. The average molecular weight is 379 g/mol. The van der Waals surface area contributed by atoms with Gasteiger partial charge in [-0.15, -0.1) is 0 Å². The van der Waals surface area contributed by atoms with Gasteiger partial charge in [0.2, 0.25) is 0 Å². The molecule has 0 fully saturated rings. The minimum atomic E-state index is -0.250. The number of carbonyl (C=O) groups excluding carboxylic acids is 1. The topological polar surface area (TPSA) is 54.3 Å². The second-order valence-corrected chi connectivity index (χ2v) is 7.08. The maximum atomic E-state index is 12.2. The van der Waals surface area contributed by atoms with Crippen molar-refractivity contribution in [3.63, 3.8) is 0 Å². The lowest BCUT2D eigenvalue weighted by Gasteiger charge is -2.15. The number of carbonyl (C=O) groups is 1. The highest BCUT2D eigenvalue weighted by Gasteiger charge is 2.11. The van der Waals surface area contributed by atoms with E-state index in [0.717, 1.165) is 33.9 Å². The van der Waals surface area contributed by atoms with Crippen molar-refractivity contribution in [2.45, 2.75) is 19.4 Å². The standard InChI is InChI=1S/C22H19ClN2O2/c1-14(24-22(26)25-17-6-4-5-16(23)13-17)11-15-9-10-21-19(12-15)18-7-2-3-8-20(18)27-21/h2-10,12-14H,11H2,1H3,(H2,24,25,26)/t14-/m1/s1. The second-order valence-electron chi connectivity index (χ2n) is 6.64. The predicted octanol–water partition coefficient (Wildman–Crippen LogP) is 5.99. The van der Waals surface area contributed by atoms with Gasteiger partial charge in [0.15, 0.2) is 0 Å². The Morgan fingerprint density at radius 2 is 1.81 bits per heavy atom. The van der Waals surface area contributed by atoms with Crippen molar-refractivity contribution in [2.24, 2.45) is 0 Å². The third-order valence-electron chi connectivity index (χ3n) is 4.44. The monoisotopic (exact) mass is 378 g/mol. The fourth-order valence-electron chi connectivity index (χ4n) is 3.26. The van der Waals surface area contributed by atoms with E-state index in [1.54, 1.807) is 24.3 Å². The molecule has 0 unspecified atom stereocenters. The number of fused-ring (bicyclic) bond motifs is 3. The number of hydrogen-bond donors (Lipinski definition) is 2. The van der Waals surface area contributed by atoms with Gasteiger partial charge in [0.25, 0.3) is 0 Å². The number of benzene rings is 3. The first kappa shape index (κ1) is 17.4. The zero-order chi connectivity index (χ0) is 18.8. The highest BCUT2D eigenvalue weighted by Crippen LogP contribution is 2.29. The van der Waals surface area contributed by atoms with Gasteiger partial charge >= 0.3 is 6.03 Å². The molecule has 0 saturated carbocycles. The van der Waals surface area contributed by atoms with Crippen LogP contribution in [0, 0.1) is 0 Å². The van der Waals surface area contributed by atoms with Gasteiger partial charge in [0.1, 0.15) is 11.2 Å². The average Bonchev–Trinajstić information content (AvgIpc) is 2.99. The molecule has 2 amide bonds. The molecular formula is C22H19ClN2O2. The molecule has 0 radical (unpaired) electrons. The summed E-state index contributed by atoms with van der Waals surface area (Å²) >= 11 is 5.94. The van der Waals surface area contributed by atoms with Crippen LogP contribution in [0.4, 0.5) is 10.5 Å². The number of halogens is 1. The van der Waals surface area contributed by atoms with E-state index in [0.29, 0.717) is 10.7 Å². The van der Waals surface area contributed by atoms with Crippen LogP contribution in [0.25, 0.3) is 21.9 Å². The Kier molecular flexibility index (Phi) is 4.73. The fraction of sp³-hybridized carbons (Fsp3) is 0.136. The number of anilines is 1. The Bertz CT molecular complexity index is 1120. The number of amides is 2. The lowest BCUT2D eigenvalue weighted by molar-refractivity contribution is 0.249. The minimum absolute atomic E-state index is 0.0280. The number of nitrogens with one attached hydrogen (secondary N) is 2. The van der Waals surface area contributed by atoms with Crippen LogP contribution in [0.15, 0.2) is 71.1 Å². The molecule has 4 nitrogen and oxygen atoms in total. The van der Waals surface area contributed by atoms with E-state index < -0.39 is 0 Å². The van der Waals surface area contributed by atoms with Crippen LogP contribution in [-0.4, -0.2) is 12.1 Å². The molecule has 0 saturated heterocycles. The van der Waals surface area contributed by atoms with E-state index in [4.69, 9.17) is 16.0 Å². The van der Waals surface area contributed by atoms with Gasteiger partial charge in [0.05, 0.1) is 0 Å². The van der Waals surface area contributed by atoms with Crippen molar-refractivity contribution in [3.8, 4) is 0 Å². The number of para-hydroxylation sites is 1. The Balaban J connectivity index is 1.45. The summed E-state index contributed by atoms with van der Waals surface area (Å²) in [4.78, 5) is 12.2. The van der Waals surface area contributed by atoms with Gasteiger partial charge < -0.3 is 15.1 Å². The van der Waals surface area contributed by atoms with Crippen LogP contribution in [0.3, 0.4) is 0 Å². The molecule has 136 valence electrons. The van der Waals surface area contributed by atoms with Gasteiger partial charge in [-0.3, -0.25) is 0 Å². The molecular weight excluding hydrogens is 360 g/mol. The molecule has 1 atom stereocenters. The zero-order valence-corrected chi connectivity index (χ0v) is 15.6. The predicted molar refractivity (Wildman–Crippen MR) is 110 cm³/mol. The fourth-order valence-corrected chi connectivity index (χ4v) is 3.45. The summed E-state index contributed by atoms with van der Waals surface area (Å²) < 4.78 is 5.86. The first-order valence-electron chi connectivity index (χ1n) is 8.82. The SMILES string of the molecule is C[C@H](Cc1ccc2oc3ccccc3c2c1)NC(=O)Nc1cccc(Cl)c1. The number of urea groups is 1. The van der Waals surface area contributed by atoms with E-state index in [-0.39, 0.29) is 12.1 Å². The van der Waals surface area contributed by atoms with E-state index in [1.165, 1.54) is 0 Å². The maximum absolute atomic E-state index is 12.2. The summed E-state index contributed by atoms with van der Waals surface area (Å²) in [6.45, 7) is 1.98. The number of rotatable bonds is 4. The smallest absolute Gasteiger partial charge is 0.319 e. The summed E-state index contributed by atoms with van der Waals surface area (Å²) in [5, 5.41) is 8.54. The van der Waals surface area contributed by atoms with Crippen molar-refractivity contribution in [3.05, 3.63) is 77.3 Å². The van der Waals surface area contributed by atoms with E-state index in [1.807, 2.05) is 37.3 Å². The Morgan fingerprint density at radius 3 is 2.67 bits per heavy atom. The molecule has 0 aliphatic rings. The lowest BCUT2D eigenvalue weighted by atomic mass is 10.0. The molecule has 4 rings (SSSR count). The van der Waals surface area contributed by atoms with Gasteiger partial charge in [-0.1, -0.05) is 41.9 Å². The summed E-state index contributed by atoms with van der Waals surface area (Å²) in [6, 6.07) is 21.0. The molecule has 4 aromatic rings. The molecule has 1 aromatic heterocycles. The van der Waals surface area contributed by atoms with Crippen LogP contribution in [-0.2, 0) is 6.42 Å². The minimum Gasteiger partial charge on any atom is -0.456 e. The second kappa shape index (κ2) is 7.33. The van der Waals surface area contributed by atoms with Crippen molar-refractivity contribution in [1.82, 2.24) is 5.32 Å². The summed E-state index contributed by atoms with van der Waals surface area (Å²) in [5.41, 5.74) is 3.57. The van der Waals surface area contributed by atoms with E-state index in [9.17, 15) is 4.79 Å². The highest BCUT2D eigenvalue weighted by atomic mass is 35.5. The number of hydrogen-bond acceptors (Lipinski definition) is 2. The Morgan fingerprint density at radius 1 is 1.00 bits per heavy atom. The molecule has 2 N–H and O–H groups in total. The van der Waals surface area contributed by atoms with E-state index >= 15 is 0 Å². The van der Waals surface area contributed by atoms with Gasteiger partial charge in [-0.05, 0) is 55.3 Å². The maximum Gasteiger partial charge on any atom is 0.319 e. The van der Waals surface area contributed by atoms with Gasteiger partial charge in [0, 0.05) is 27.5 Å². The molecule has 0 aliphatic heterocycles. The Hall–Kier alpha value is -2.98. The lowest BCUT2D eigenvalue weighted by Crippen LogP contribution is -2.37. The summed E-state index contributed by atoms with van der Waals surface area (Å²) in [6.07, 6.45) is 0.721. The van der Waals surface area contributed by atoms with Gasteiger partial charge in [-0.2, -0.15) is 0 Å². The number of furan rings is 1. The first-order valence-corrected chi connectivity index (χ1v) is 9.19. The largest absolute Gasteiger partial charge is 0.456 e. The third-order valence-corrected chi connectivity index (χ3v) is 4.68. The van der Waals surface area contributed by atoms with Crippen molar-refractivity contribution in [2.75, 3.05) is 5.32 Å². The van der Waals surface area contributed by atoms with Crippen molar-refractivity contribution < 1.29 is 9.21 Å². The molecule has 1 heterocycles. The zero-order valence-electron chi connectivity index (χ0n) is 14.8. The molecule has 0 aliphatic carbocycles. The first-order chi connectivity index (χ1) is 13.1. The van der Waals surface area contributed by atoms with E-state index in [2.05, 4.69) is 22.8 Å². The van der Waals surface area contributed by atoms with Crippen LogP contribution >= 0.6 is 11.6 Å². The van der Waals surface area contributed by atoms with Crippen molar-refractivity contribution in [1.29, 1.82) is 0 Å². The summed E-state index contributed by atoms with van der Waals surface area (Å²) in [5.74, 6) is 0. The van der Waals surface area contributed by atoms with Crippen molar-refractivity contribution >= 4 is 45.3 Å². The third kappa shape index (κ3) is 3.91. The van der Waals surface area contributed by atoms with Crippen LogP contribution in [0.5, 0.6) is 0 Å². The van der Waals surface area contributed by atoms with Gasteiger partial charge in [-0.25, -0.2) is 4.79 Å². The molecule has 3 aromatic carbocycles. The molecule has 27 heavy (non-hydrogen) atoms. The van der Waals surface area contributed by atoms with Crippen LogP contribution in [0.1, 0.15) is 12.5 Å². The highest BCUT2D eigenvalue weighted by molar-refractivity contribution is 6.30. The normalized spacial score (nSPS) is 12.2. The Labute approximate surface area is 162 Å². The molecule has 0 spiro atoms. The molecule has 5 heteroatoms. The van der Waals surface area contributed by atoms with Crippen LogP contribution < -0.4 is 10.6 Å². The van der Waals surface area contributed by atoms with Crippen LogP contribution in [0.2, 0.25) is 5.02 Å². The molecule has 0 bridgehead atoms.